The van der Waals surface area contributed by atoms with Crippen molar-refractivity contribution in [1.82, 2.24) is 4.90 Å². The van der Waals surface area contributed by atoms with Gasteiger partial charge in [-0.1, -0.05) is 18.2 Å². The monoisotopic (exact) mass is 409 g/mol. The number of fused-ring (bicyclic) bond motifs is 1. The molecule has 2 aliphatic heterocycles. The van der Waals surface area contributed by atoms with Crippen LogP contribution >= 0.6 is 0 Å². The molecule has 30 heavy (non-hydrogen) atoms. The van der Waals surface area contributed by atoms with E-state index in [1.165, 1.54) is 11.0 Å². The Bertz CT molecular complexity index is 1120. The van der Waals surface area contributed by atoms with Crippen LogP contribution in [0.4, 0.5) is 4.79 Å². The highest BCUT2D eigenvalue weighted by atomic mass is 16.6. The summed E-state index contributed by atoms with van der Waals surface area (Å²) < 4.78 is 21.6. The largest absolute Gasteiger partial charge is 0.440 e. The molecule has 0 unspecified atom stereocenters. The van der Waals surface area contributed by atoms with E-state index in [-0.39, 0.29) is 28.5 Å². The first-order chi connectivity index (χ1) is 14.5. The zero-order valence-electron chi connectivity index (χ0n) is 16.2. The number of ether oxygens (including phenoxy) is 3. The first-order valence-corrected chi connectivity index (χ1v) is 9.35. The van der Waals surface area contributed by atoms with Gasteiger partial charge in [-0.2, -0.15) is 5.26 Å². The number of rotatable bonds is 2. The van der Waals surface area contributed by atoms with Crippen molar-refractivity contribution in [3.63, 3.8) is 0 Å². The number of aryl methyl sites for hydroxylation is 1. The average molecular weight is 409 g/mol. The van der Waals surface area contributed by atoms with Gasteiger partial charge in [0.2, 0.25) is 5.88 Å². The van der Waals surface area contributed by atoms with Crippen LogP contribution in [0.1, 0.15) is 22.8 Å². The van der Waals surface area contributed by atoms with Crippen molar-refractivity contribution in [2.45, 2.75) is 12.8 Å². The molecule has 1 saturated heterocycles. The summed E-state index contributed by atoms with van der Waals surface area (Å²) in [5, 5.41) is 9.71. The number of allylic oxidation sites excluding steroid dienone is 1. The maximum Gasteiger partial charge on any atom is 0.415 e. The molecule has 0 saturated carbocycles. The van der Waals surface area contributed by atoms with Gasteiger partial charge in [0.25, 0.3) is 0 Å². The predicted molar refractivity (Wildman–Crippen MR) is 104 cm³/mol. The minimum absolute atomic E-state index is 0.0357. The van der Waals surface area contributed by atoms with Gasteiger partial charge in [0.05, 0.1) is 24.7 Å². The van der Waals surface area contributed by atoms with E-state index < -0.39 is 17.6 Å². The Hall–Kier alpha value is -3.77. The molecule has 2 aromatic rings. The van der Waals surface area contributed by atoms with Crippen LogP contribution in [0.15, 0.2) is 51.0 Å². The smallest absolute Gasteiger partial charge is 0.415 e. The molecular formula is C21H19N3O6. The summed E-state index contributed by atoms with van der Waals surface area (Å²) in [6.07, 6.45) is -0.538. The van der Waals surface area contributed by atoms with E-state index in [9.17, 15) is 14.9 Å². The van der Waals surface area contributed by atoms with Crippen molar-refractivity contribution in [1.29, 1.82) is 5.26 Å². The highest BCUT2D eigenvalue weighted by molar-refractivity contribution is 5.72. The number of hydrogen-bond acceptors (Lipinski definition) is 8. The van der Waals surface area contributed by atoms with Crippen LogP contribution in [0.25, 0.3) is 0 Å². The molecule has 154 valence electrons. The summed E-state index contributed by atoms with van der Waals surface area (Å²) in [4.78, 5) is 26.8. The lowest BCUT2D eigenvalue weighted by Gasteiger charge is -2.28. The van der Waals surface area contributed by atoms with Crippen LogP contribution < -0.4 is 20.8 Å². The zero-order chi connectivity index (χ0) is 21.3. The summed E-state index contributed by atoms with van der Waals surface area (Å²) in [5.74, 6) is -0.247. The van der Waals surface area contributed by atoms with Crippen molar-refractivity contribution in [3.8, 4) is 17.6 Å². The van der Waals surface area contributed by atoms with E-state index >= 15 is 0 Å². The second-order valence-corrected chi connectivity index (χ2v) is 6.85. The fourth-order valence-corrected chi connectivity index (χ4v) is 3.55. The fraction of sp³-hybridized carbons (Fsp3) is 0.286. The van der Waals surface area contributed by atoms with E-state index in [1.54, 1.807) is 31.2 Å². The van der Waals surface area contributed by atoms with Gasteiger partial charge < -0.3 is 29.3 Å². The number of para-hydroxylation sites is 1. The number of nitrogens with zero attached hydrogens (tertiary/aromatic N) is 2. The molecule has 0 aliphatic carbocycles. The lowest BCUT2D eigenvalue weighted by Crippen LogP contribution is -2.42. The maximum atomic E-state index is 12.7. The summed E-state index contributed by atoms with van der Waals surface area (Å²) in [6, 6.07) is 10.2. The highest BCUT2D eigenvalue weighted by Crippen LogP contribution is 2.43. The quantitative estimate of drug-likeness (QED) is 0.798. The van der Waals surface area contributed by atoms with Gasteiger partial charge in [0, 0.05) is 24.7 Å². The van der Waals surface area contributed by atoms with Crippen molar-refractivity contribution in [2.24, 2.45) is 5.73 Å². The number of nitriles is 1. The molecule has 1 aromatic heterocycles. The van der Waals surface area contributed by atoms with Gasteiger partial charge in [-0.3, -0.25) is 0 Å². The minimum atomic E-state index is -0.899. The lowest BCUT2D eigenvalue weighted by atomic mass is 9.84. The van der Waals surface area contributed by atoms with Crippen LogP contribution in [0.2, 0.25) is 0 Å². The number of carbonyl (C=O) groups is 1. The van der Waals surface area contributed by atoms with Crippen LogP contribution in [-0.2, 0) is 4.74 Å². The minimum Gasteiger partial charge on any atom is -0.440 e. The molecule has 1 fully saturated rings. The first kappa shape index (κ1) is 19.5. The van der Waals surface area contributed by atoms with Gasteiger partial charge >= 0.3 is 11.7 Å². The summed E-state index contributed by atoms with van der Waals surface area (Å²) >= 11 is 0. The number of nitrogens with two attached hydrogens (primary N) is 1. The van der Waals surface area contributed by atoms with Crippen molar-refractivity contribution in [2.75, 3.05) is 26.3 Å². The second kappa shape index (κ2) is 7.93. The third kappa shape index (κ3) is 3.49. The molecule has 0 bridgehead atoms. The van der Waals surface area contributed by atoms with E-state index in [0.717, 1.165) is 0 Å². The molecule has 2 aliphatic rings. The van der Waals surface area contributed by atoms with Crippen molar-refractivity contribution in [3.05, 3.63) is 69.1 Å². The van der Waals surface area contributed by atoms with E-state index in [4.69, 9.17) is 24.4 Å². The molecular weight excluding hydrogens is 390 g/mol. The Kier molecular flexibility index (Phi) is 5.16. The molecule has 4 rings (SSSR count). The molecule has 0 spiro atoms. The predicted octanol–water partition coefficient (Wildman–Crippen LogP) is 2.00. The third-order valence-corrected chi connectivity index (χ3v) is 4.95. The lowest BCUT2D eigenvalue weighted by molar-refractivity contribution is 0.0415. The Labute approximate surface area is 171 Å². The summed E-state index contributed by atoms with van der Waals surface area (Å²) in [7, 11) is 0. The Balaban J connectivity index is 1.80. The highest BCUT2D eigenvalue weighted by Gasteiger charge is 2.36. The number of benzene rings is 1. The van der Waals surface area contributed by atoms with Gasteiger partial charge in [-0.25, -0.2) is 9.59 Å². The van der Waals surface area contributed by atoms with E-state index in [0.29, 0.717) is 37.6 Å². The Morgan fingerprint density at radius 3 is 2.77 bits per heavy atom. The standard InChI is InChI=1S/C21H19N3O6/c1-12-10-16-18(20(25)28-12)17(14(11-22)19(23)29-16)13-4-2-3-5-15(13)30-21(26)24-6-8-27-9-7-24/h2-5,10,17H,6-9,23H2,1H3/t17-/m1/s1. The van der Waals surface area contributed by atoms with Crippen molar-refractivity contribution >= 4 is 6.09 Å². The number of morpholine rings is 1. The fourth-order valence-electron chi connectivity index (χ4n) is 3.55. The van der Waals surface area contributed by atoms with Crippen LogP contribution in [0, 0.1) is 18.3 Å². The second-order valence-electron chi connectivity index (χ2n) is 6.85. The van der Waals surface area contributed by atoms with Crippen LogP contribution in [-0.4, -0.2) is 37.3 Å². The molecule has 1 aromatic carbocycles. The molecule has 1 atom stereocenters. The topological polar surface area (TPSA) is 128 Å². The molecule has 0 radical (unpaired) electrons. The molecule has 3 heterocycles. The third-order valence-electron chi connectivity index (χ3n) is 4.95. The molecule has 9 heteroatoms. The average Bonchev–Trinajstić information content (AvgIpc) is 2.73. The number of amides is 1. The first-order valence-electron chi connectivity index (χ1n) is 9.35. The van der Waals surface area contributed by atoms with E-state index in [1.807, 2.05) is 6.07 Å². The van der Waals surface area contributed by atoms with Crippen molar-refractivity contribution < 1.29 is 23.4 Å². The molecule has 9 nitrogen and oxygen atoms in total. The van der Waals surface area contributed by atoms with Gasteiger partial charge in [0.1, 0.15) is 28.9 Å². The van der Waals surface area contributed by atoms with Crippen LogP contribution in [0.5, 0.6) is 11.5 Å². The van der Waals surface area contributed by atoms with E-state index in [2.05, 4.69) is 0 Å². The van der Waals surface area contributed by atoms with Crippen LogP contribution in [0.3, 0.4) is 0 Å². The maximum absolute atomic E-state index is 12.7. The summed E-state index contributed by atoms with van der Waals surface area (Å²) in [6.45, 7) is 3.31. The molecule has 2 N–H and O–H groups in total. The molecule has 1 amide bonds. The number of carbonyl (C=O) groups excluding carboxylic acids is 1. The normalized spacial score (nSPS) is 18.3. The Morgan fingerprint density at radius 1 is 1.30 bits per heavy atom. The summed E-state index contributed by atoms with van der Waals surface area (Å²) in [5.41, 5.74) is 5.92. The SMILES string of the molecule is Cc1cc2c(c(=O)o1)[C@H](c1ccccc1OC(=O)N1CCOCC1)C(C#N)=C(N)O2. The number of hydrogen-bond donors (Lipinski definition) is 1. The zero-order valence-corrected chi connectivity index (χ0v) is 16.2. The Morgan fingerprint density at radius 2 is 2.03 bits per heavy atom. The van der Waals surface area contributed by atoms with Gasteiger partial charge in [-0.15, -0.1) is 0 Å². The van der Waals surface area contributed by atoms with Gasteiger partial charge in [-0.05, 0) is 13.0 Å². The van der Waals surface area contributed by atoms with Gasteiger partial charge in [0.15, 0.2) is 0 Å².